The van der Waals surface area contributed by atoms with E-state index in [2.05, 4.69) is 45.1 Å². The normalized spacial score (nSPS) is 18.2. The monoisotopic (exact) mass is 273 g/mol. The fourth-order valence-electron chi connectivity index (χ4n) is 3.90. The topological polar surface area (TPSA) is 12.0 Å². The Morgan fingerprint density at radius 3 is 2.20 bits per heavy atom. The Morgan fingerprint density at radius 2 is 1.65 bits per heavy atom. The maximum atomic E-state index is 3.86. The van der Waals surface area contributed by atoms with Crippen molar-refractivity contribution in [3.8, 4) is 0 Å². The summed E-state index contributed by atoms with van der Waals surface area (Å²) in [6.07, 6.45) is 8.43. The smallest absolute Gasteiger partial charge is 0.0213 e. The van der Waals surface area contributed by atoms with E-state index in [0.29, 0.717) is 6.04 Å². The van der Waals surface area contributed by atoms with Gasteiger partial charge in [-0.3, -0.25) is 0 Å². The molecule has 1 aromatic rings. The highest BCUT2D eigenvalue weighted by atomic mass is 14.9. The van der Waals surface area contributed by atoms with Gasteiger partial charge in [-0.2, -0.15) is 0 Å². The van der Waals surface area contributed by atoms with Gasteiger partial charge < -0.3 is 5.32 Å². The molecule has 0 saturated heterocycles. The molecule has 0 radical (unpaired) electrons. The van der Waals surface area contributed by atoms with Crippen LogP contribution in [0.25, 0.3) is 0 Å². The summed E-state index contributed by atoms with van der Waals surface area (Å²) in [7, 11) is 0. The maximum Gasteiger partial charge on any atom is 0.0213 e. The molecule has 1 saturated carbocycles. The molecule has 1 aromatic carbocycles. The van der Waals surface area contributed by atoms with Crippen LogP contribution in [-0.2, 0) is 6.54 Å². The lowest BCUT2D eigenvalue weighted by molar-refractivity contribution is 0.261. The summed E-state index contributed by atoms with van der Waals surface area (Å²) in [6.45, 7) is 10.1. The Hall–Kier alpha value is -0.820. The van der Waals surface area contributed by atoms with Crippen LogP contribution in [0.15, 0.2) is 12.1 Å². The van der Waals surface area contributed by atoms with Crippen LogP contribution in [0.4, 0.5) is 0 Å². The largest absolute Gasteiger partial charge is 0.310 e. The number of aryl methyl sites for hydroxylation is 3. The fourth-order valence-corrected chi connectivity index (χ4v) is 3.90. The lowest BCUT2D eigenvalue weighted by Gasteiger charge is -2.31. The molecule has 0 spiro atoms. The van der Waals surface area contributed by atoms with Crippen molar-refractivity contribution in [2.24, 2.45) is 5.92 Å². The minimum Gasteiger partial charge on any atom is -0.310 e. The van der Waals surface area contributed by atoms with E-state index >= 15 is 0 Å². The van der Waals surface area contributed by atoms with Crippen LogP contribution in [0, 0.1) is 26.7 Å². The first kappa shape index (κ1) is 15.6. The molecule has 20 heavy (non-hydrogen) atoms. The van der Waals surface area contributed by atoms with Crippen LogP contribution in [-0.4, -0.2) is 6.04 Å². The van der Waals surface area contributed by atoms with Crippen LogP contribution in [0.2, 0.25) is 0 Å². The summed E-state index contributed by atoms with van der Waals surface area (Å²) in [5.74, 6) is 0.903. The first-order valence-electron chi connectivity index (χ1n) is 8.42. The van der Waals surface area contributed by atoms with E-state index in [0.717, 1.165) is 12.5 Å². The van der Waals surface area contributed by atoms with Gasteiger partial charge in [-0.1, -0.05) is 43.9 Å². The van der Waals surface area contributed by atoms with Crippen molar-refractivity contribution >= 4 is 0 Å². The van der Waals surface area contributed by atoms with E-state index in [1.165, 1.54) is 60.8 Å². The first-order valence-corrected chi connectivity index (χ1v) is 8.42. The van der Waals surface area contributed by atoms with Crippen molar-refractivity contribution in [1.29, 1.82) is 0 Å². The molecule has 2 rings (SSSR count). The Bertz CT molecular complexity index is 406. The molecule has 1 aliphatic rings. The van der Waals surface area contributed by atoms with E-state index in [1.807, 2.05) is 0 Å². The van der Waals surface area contributed by atoms with E-state index in [-0.39, 0.29) is 0 Å². The van der Waals surface area contributed by atoms with Gasteiger partial charge in [0, 0.05) is 12.6 Å². The zero-order valence-electron chi connectivity index (χ0n) is 13.8. The molecule has 1 heteroatoms. The number of benzene rings is 1. The van der Waals surface area contributed by atoms with E-state index < -0.39 is 0 Å². The summed E-state index contributed by atoms with van der Waals surface area (Å²) in [5.41, 5.74) is 5.76. The summed E-state index contributed by atoms with van der Waals surface area (Å²) in [4.78, 5) is 0. The SMILES string of the molecule is CCC(NCc1c(C)cc(C)cc1C)C1CCCCC1. The van der Waals surface area contributed by atoms with Crippen LogP contribution in [0.3, 0.4) is 0 Å². The van der Waals surface area contributed by atoms with Gasteiger partial charge in [0.25, 0.3) is 0 Å². The number of nitrogens with one attached hydrogen (secondary N) is 1. The Balaban J connectivity index is 1.99. The minimum atomic E-state index is 0.704. The van der Waals surface area contributed by atoms with Crippen molar-refractivity contribution in [3.63, 3.8) is 0 Å². The number of hydrogen-bond donors (Lipinski definition) is 1. The van der Waals surface area contributed by atoms with E-state index in [1.54, 1.807) is 0 Å². The second-order valence-corrected chi connectivity index (χ2v) is 6.67. The molecule has 1 N–H and O–H groups in total. The second kappa shape index (κ2) is 7.26. The molecule has 0 amide bonds. The first-order chi connectivity index (χ1) is 9.61. The molecular weight excluding hydrogens is 242 g/mol. The standard InChI is InChI=1S/C19H31N/c1-5-19(17-9-7-6-8-10-17)20-13-18-15(3)11-14(2)12-16(18)4/h11-12,17,19-20H,5-10,13H2,1-4H3. The average Bonchev–Trinajstić information content (AvgIpc) is 2.43. The van der Waals surface area contributed by atoms with E-state index in [9.17, 15) is 0 Å². The third-order valence-electron chi connectivity index (χ3n) is 5.04. The predicted molar refractivity (Wildman–Crippen MR) is 88.1 cm³/mol. The van der Waals surface area contributed by atoms with Gasteiger partial charge in [0.2, 0.25) is 0 Å². The van der Waals surface area contributed by atoms with Crippen LogP contribution < -0.4 is 5.32 Å². The summed E-state index contributed by atoms with van der Waals surface area (Å²) < 4.78 is 0. The van der Waals surface area contributed by atoms with Crippen molar-refractivity contribution in [3.05, 3.63) is 34.4 Å². The summed E-state index contributed by atoms with van der Waals surface area (Å²) in [5, 5.41) is 3.86. The molecule has 1 atom stereocenters. The van der Waals surface area contributed by atoms with E-state index in [4.69, 9.17) is 0 Å². The van der Waals surface area contributed by atoms with Gasteiger partial charge in [0.05, 0.1) is 0 Å². The molecule has 1 nitrogen and oxygen atoms in total. The van der Waals surface area contributed by atoms with Gasteiger partial charge in [0.15, 0.2) is 0 Å². The molecule has 1 fully saturated rings. The molecule has 1 unspecified atom stereocenters. The molecule has 0 aliphatic heterocycles. The maximum absolute atomic E-state index is 3.86. The highest BCUT2D eigenvalue weighted by Crippen LogP contribution is 2.28. The summed E-state index contributed by atoms with van der Waals surface area (Å²) in [6, 6.07) is 5.33. The Kier molecular flexibility index (Phi) is 5.65. The van der Waals surface area contributed by atoms with Crippen LogP contribution in [0.5, 0.6) is 0 Å². The molecular formula is C19H31N. The van der Waals surface area contributed by atoms with Crippen molar-refractivity contribution in [1.82, 2.24) is 5.32 Å². The number of hydrogen-bond acceptors (Lipinski definition) is 1. The highest BCUT2D eigenvalue weighted by Gasteiger charge is 2.22. The third kappa shape index (κ3) is 3.85. The quantitative estimate of drug-likeness (QED) is 0.790. The third-order valence-corrected chi connectivity index (χ3v) is 5.04. The lowest BCUT2D eigenvalue weighted by Crippen LogP contribution is -2.36. The zero-order valence-corrected chi connectivity index (χ0v) is 13.8. The van der Waals surface area contributed by atoms with Crippen molar-refractivity contribution in [2.45, 2.75) is 78.8 Å². The average molecular weight is 273 g/mol. The van der Waals surface area contributed by atoms with Gasteiger partial charge in [-0.25, -0.2) is 0 Å². The fraction of sp³-hybridized carbons (Fsp3) is 0.684. The molecule has 0 bridgehead atoms. The van der Waals surface area contributed by atoms with Gasteiger partial charge in [0.1, 0.15) is 0 Å². The molecule has 0 aromatic heterocycles. The molecule has 1 aliphatic carbocycles. The molecule has 0 heterocycles. The summed E-state index contributed by atoms with van der Waals surface area (Å²) >= 11 is 0. The number of rotatable bonds is 5. The van der Waals surface area contributed by atoms with Crippen molar-refractivity contribution in [2.75, 3.05) is 0 Å². The Labute approximate surface area is 125 Å². The molecule has 112 valence electrons. The van der Waals surface area contributed by atoms with Gasteiger partial charge >= 0.3 is 0 Å². The van der Waals surface area contributed by atoms with Gasteiger partial charge in [-0.05, 0) is 62.6 Å². The highest BCUT2D eigenvalue weighted by molar-refractivity contribution is 5.37. The van der Waals surface area contributed by atoms with Crippen molar-refractivity contribution < 1.29 is 0 Å². The minimum absolute atomic E-state index is 0.704. The van der Waals surface area contributed by atoms with Crippen LogP contribution >= 0.6 is 0 Å². The zero-order chi connectivity index (χ0) is 14.5. The van der Waals surface area contributed by atoms with Crippen LogP contribution in [0.1, 0.15) is 67.7 Å². The second-order valence-electron chi connectivity index (χ2n) is 6.67. The lowest BCUT2D eigenvalue weighted by atomic mass is 9.83. The Morgan fingerprint density at radius 1 is 1.05 bits per heavy atom. The van der Waals surface area contributed by atoms with Gasteiger partial charge in [-0.15, -0.1) is 0 Å². The predicted octanol–water partition coefficient (Wildman–Crippen LogP) is 5.06.